The SMILES string of the molecule is O=C(/C=C/c1ccc([N+](=O)[O-])cc1)Nc1ccc(S(=O)(=O)Nc2cccc(C(F)(F)F)c2)cc1. The zero-order chi connectivity index (χ0) is 24.9. The van der Waals surface area contributed by atoms with Gasteiger partial charge in [0.15, 0.2) is 0 Å². The van der Waals surface area contributed by atoms with Crippen molar-refractivity contribution in [2.75, 3.05) is 10.0 Å². The summed E-state index contributed by atoms with van der Waals surface area (Å²) in [5, 5.41) is 13.2. The molecule has 0 heterocycles. The molecule has 0 radical (unpaired) electrons. The van der Waals surface area contributed by atoms with E-state index in [1.807, 2.05) is 0 Å². The van der Waals surface area contributed by atoms with Gasteiger partial charge in [0.05, 0.1) is 15.4 Å². The fourth-order valence-corrected chi connectivity index (χ4v) is 3.80. The van der Waals surface area contributed by atoms with E-state index in [1.54, 1.807) is 0 Å². The lowest BCUT2D eigenvalue weighted by molar-refractivity contribution is -0.384. The number of alkyl halides is 3. The van der Waals surface area contributed by atoms with Gasteiger partial charge in [-0.15, -0.1) is 0 Å². The molecule has 0 aliphatic rings. The van der Waals surface area contributed by atoms with Gasteiger partial charge in [0.1, 0.15) is 0 Å². The number of nitrogens with one attached hydrogen (secondary N) is 2. The lowest BCUT2D eigenvalue weighted by Crippen LogP contribution is -2.14. The monoisotopic (exact) mass is 491 g/mol. The first-order chi connectivity index (χ1) is 15.9. The van der Waals surface area contributed by atoms with Crippen LogP contribution < -0.4 is 10.0 Å². The second-order valence-corrected chi connectivity index (χ2v) is 8.56. The average molecular weight is 491 g/mol. The minimum Gasteiger partial charge on any atom is -0.323 e. The van der Waals surface area contributed by atoms with Gasteiger partial charge in [0, 0.05) is 29.6 Å². The number of sulfonamides is 1. The number of halogens is 3. The Hall–Kier alpha value is -4.19. The van der Waals surface area contributed by atoms with Crippen LogP contribution >= 0.6 is 0 Å². The van der Waals surface area contributed by atoms with Crippen LogP contribution in [0.2, 0.25) is 0 Å². The number of nitrogens with zero attached hydrogens (tertiary/aromatic N) is 1. The number of carbonyl (C=O) groups excluding carboxylic acids is 1. The smallest absolute Gasteiger partial charge is 0.323 e. The van der Waals surface area contributed by atoms with Crippen LogP contribution in [-0.2, 0) is 21.0 Å². The molecule has 3 rings (SSSR count). The maximum atomic E-state index is 12.8. The Morgan fingerprint density at radius 3 is 2.18 bits per heavy atom. The summed E-state index contributed by atoms with van der Waals surface area (Å²) in [6, 6.07) is 14.3. The minimum absolute atomic E-state index is 0.0841. The van der Waals surface area contributed by atoms with Crippen molar-refractivity contribution < 1.29 is 31.3 Å². The molecule has 176 valence electrons. The van der Waals surface area contributed by atoms with Crippen LogP contribution in [0.5, 0.6) is 0 Å². The molecule has 0 aliphatic carbocycles. The Bertz CT molecular complexity index is 1340. The first kappa shape index (κ1) is 24.5. The van der Waals surface area contributed by atoms with E-state index in [2.05, 4.69) is 10.0 Å². The Morgan fingerprint density at radius 1 is 0.941 bits per heavy atom. The lowest BCUT2D eigenvalue weighted by Gasteiger charge is -2.11. The molecule has 1 amide bonds. The maximum Gasteiger partial charge on any atom is 0.416 e. The van der Waals surface area contributed by atoms with Crippen LogP contribution in [0.3, 0.4) is 0 Å². The van der Waals surface area contributed by atoms with Gasteiger partial charge in [0.25, 0.3) is 15.7 Å². The Morgan fingerprint density at radius 2 is 1.59 bits per heavy atom. The fraction of sp³-hybridized carbons (Fsp3) is 0.0455. The summed E-state index contributed by atoms with van der Waals surface area (Å²) in [5.74, 6) is -0.531. The normalized spacial score (nSPS) is 11.9. The first-order valence-corrected chi connectivity index (χ1v) is 11.0. The van der Waals surface area contributed by atoms with Crippen molar-refractivity contribution in [2.45, 2.75) is 11.1 Å². The van der Waals surface area contributed by atoms with E-state index in [1.165, 1.54) is 66.7 Å². The zero-order valence-corrected chi connectivity index (χ0v) is 17.9. The summed E-state index contributed by atoms with van der Waals surface area (Å²) >= 11 is 0. The van der Waals surface area contributed by atoms with Crippen molar-refractivity contribution in [3.63, 3.8) is 0 Å². The molecule has 0 atom stereocenters. The van der Waals surface area contributed by atoms with Crippen LogP contribution in [0, 0.1) is 10.1 Å². The molecule has 0 fully saturated rings. The van der Waals surface area contributed by atoms with Crippen molar-refractivity contribution in [2.24, 2.45) is 0 Å². The molecule has 0 aromatic heterocycles. The summed E-state index contributed by atoms with van der Waals surface area (Å²) in [7, 11) is -4.17. The summed E-state index contributed by atoms with van der Waals surface area (Å²) in [5.41, 5.74) is -0.491. The second kappa shape index (κ2) is 9.75. The number of carbonyl (C=O) groups is 1. The summed E-state index contributed by atoms with van der Waals surface area (Å²) in [6.45, 7) is 0. The van der Waals surface area contributed by atoms with Gasteiger partial charge in [-0.05, 0) is 66.2 Å². The molecule has 12 heteroatoms. The molecule has 0 spiro atoms. The Kier molecular flexibility index (Phi) is 7.01. The van der Waals surface area contributed by atoms with Gasteiger partial charge in [-0.1, -0.05) is 6.07 Å². The molecule has 0 bridgehead atoms. The molecule has 0 saturated heterocycles. The highest BCUT2D eigenvalue weighted by Crippen LogP contribution is 2.31. The molecule has 3 aromatic rings. The molecule has 3 aromatic carbocycles. The molecule has 0 aliphatic heterocycles. The van der Waals surface area contributed by atoms with E-state index in [-0.39, 0.29) is 22.0 Å². The number of amides is 1. The molecule has 2 N–H and O–H groups in total. The molecule has 0 saturated carbocycles. The number of nitro groups is 1. The number of hydrogen-bond donors (Lipinski definition) is 2. The van der Waals surface area contributed by atoms with Crippen LogP contribution in [0.1, 0.15) is 11.1 Å². The molecular formula is C22H16F3N3O5S. The van der Waals surface area contributed by atoms with E-state index in [0.717, 1.165) is 12.1 Å². The van der Waals surface area contributed by atoms with E-state index < -0.39 is 32.6 Å². The molecule has 8 nitrogen and oxygen atoms in total. The molecular weight excluding hydrogens is 475 g/mol. The van der Waals surface area contributed by atoms with Gasteiger partial charge in [-0.25, -0.2) is 8.42 Å². The minimum atomic E-state index is -4.62. The van der Waals surface area contributed by atoms with E-state index in [9.17, 15) is 36.5 Å². The topological polar surface area (TPSA) is 118 Å². The first-order valence-electron chi connectivity index (χ1n) is 9.48. The quantitative estimate of drug-likeness (QED) is 0.272. The van der Waals surface area contributed by atoms with Gasteiger partial charge in [-0.3, -0.25) is 19.6 Å². The van der Waals surface area contributed by atoms with E-state index in [0.29, 0.717) is 11.6 Å². The number of nitro benzene ring substituents is 1. The zero-order valence-electron chi connectivity index (χ0n) is 17.1. The fourth-order valence-electron chi connectivity index (χ4n) is 2.75. The van der Waals surface area contributed by atoms with Crippen molar-refractivity contribution in [3.05, 3.63) is 100 Å². The van der Waals surface area contributed by atoms with E-state index >= 15 is 0 Å². The summed E-state index contributed by atoms with van der Waals surface area (Å²) in [4.78, 5) is 22.0. The van der Waals surface area contributed by atoms with Crippen LogP contribution in [0.15, 0.2) is 83.8 Å². The van der Waals surface area contributed by atoms with Gasteiger partial charge < -0.3 is 5.32 Å². The predicted molar refractivity (Wildman–Crippen MR) is 119 cm³/mol. The number of benzene rings is 3. The number of non-ortho nitro benzene ring substituents is 1. The largest absolute Gasteiger partial charge is 0.416 e. The number of rotatable bonds is 7. The molecule has 0 unspecified atom stereocenters. The second-order valence-electron chi connectivity index (χ2n) is 6.88. The van der Waals surface area contributed by atoms with Gasteiger partial charge in [-0.2, -0.15) is 13.2 Å². The summed E-state index contributed by atoms with van der Waals surface area (Å²) < 4.78 is 65.5. The van der Waals surface area contributed by atoms with Crippen molar-refractivity contribution in [1.29, 1.82) is 0 Å². The Balaban J connectivity index is 1.65. The number of anilines is 2. The Labute approximate surface area is 191 Å². The van der Waals surface area contributed by atoms with Gasteiger partial charge >= 0.3 is 6.18 Å². The third-order valence-electron chi connectivity index (χ3n) is 4.41. The third kappa shape index (κ3) is 6.42. The summed E-state index contributed by atoms with van der Waals surface area (Å²) in [6.07, 6.45) is -1.98. The van der Waals surface area contributed by atoms with Gasteiger partial charge in [0.2, 0.25) is 5.91 Å². The maximum absolute atomic E-state index is 12.8. The van der Waals surface area contributed by atoms with E-state index in [4.69, 9.17) is 0 Å². The standard InChI is InChI=1S/C22H16F3N3O5S/c23-22(24,25)16-2-1-3-18(14-16)27-34(32,33)20-11-7-17(8-12-20)26-21(29)13-6-15-4-9-19(10-5-15)28(30)31/h1-14,27H,(H,26,29)/b13-6+. The molecule has 34 heavy (non-hydrogen) atoms. The van der Waals surface area contributed by atoms with Crippen molar-refractivity contribution in [3.8, 4) is 0 Å². The lowest BCUT2D eigenvalue weighted by atomic mass is 10.2. The van der Waals surface area contributed by atoms with Crippen molar-refractivity contribution in [1.82, 2.24) is 0 Å². The van der Waals surface area contributed by atoms with Crippen LogP contribution in [-0.4, -0.2) is 19.2 Å². The predicted octanol–water partition coefficient (Wildman–Crippen LogP) is 5.07. The highest BCUT2D eigenvalue weighted by molar-refractivity contribution is 7.92. The van der Waals surface area contributed by atoms with Crippen LogP contribution in [0.25, 0.3) is 6.08 Å². The highest BCUT2D eigenvalue weighted by Gasteiger charge is 2.30. The third-order valence-corrected chi connectivity index (χ3v) is 5.80. The number of hydrogen-bond acceptors (Lipinski definition) is 5. The highest BCUT2D eigenvalue weighted by atomic mass is 32.2. The average Bonchev–Trinajstić information content (AvgIpc) is 2.77. The van der Waals surface area contributed by atoms with Crippen LogP contribution in [0.4, 0.5) is 30.2 Å². The van der Waals surface area contributed by atoms with Crippen molar-refractivity contribution >= 4 is 39.1 Å².